The number of fused-ring (bicyclic) bond motifs is 1. The molecule has 0 saturated heterocycles. The third-order valence-electron chi connectivity index (χ3n) is 4.52. The number of ether oxygens (including phenoxy) is 3. The van der Waals surface area contributed by atoms with E-state index in [-0.39, 0.29) is 12.5 Å². The van der Waals surface area contributed by atoms with Gasteiger partial charge >= 0.3 is 0 Å². The average molecular weight is 379 g/mol. The Morgan fingerprint density at radius 1 is 0.893 bits per heavy atom. The first-order valence-electron chi connectivity index (χ1n) is 9.29. The molecule has 0 aliphatic heterocycles. The van der Waals surface area contributed by atoms with Gasteiger partial charge in [-0.3, -0.25) is 4.79 Å². The minimum Gasteiger partial charge on any atom is -0.493 e. The van der Waals surface area contributed by atoms with Crippen LogP contribution in [-0.4, -0.2) is 33.3 Å². The van der Waals surface area contributed by atoms with Crippen LogP contribution in [-0.2, 0) is 11.2 Å². The average Bonchev–Trinajstić information content (AvgIpc) is 2.75. The van der Waals surface area contributed by atoms with Gasteiger partial charge in [0.05, 0.1) is 14.2 Å². The molecule has 146 valence electrons. The van der Waals surface area contributed by atoms with Crippen LogP contribution in [0.4, 0.5) is 0 Å². The maximum atomic E-state index is 12.1. The summed E-state index contributed by atoms with van der Waals surface area (Å²) in [6.45, 7) is 0.594. The summed E-state index contributed by atoms with van der Waals surface area (Å²) in [5.41, 5.74) is 1.14. The quantitative estimate of drug-likeness (QED) is 0.571. The molecule has 0 unspecified atom stereocenters. The fraction of sp³-hybridized carbons (Fsp3) is 0.261. The van der Waals surface area contributed by atoms with E-state index >= 15 is 0 Å². The second kappa shape index (κ2) is 9.65. The molecule has 0 aromatic heterocycles. The van der Waals surface area contributed by atoms with Crippen molar-refractivity contribution in [1.82, 2.24) is 5.32 Å². The van der Waals surface area contributed by atoms with Crippen LogP contribution in [0.25, 0.3) is 10.8 Å². The van der Waals surface area contributed by atoms with Gasteiger partial charge in [-0.1, -0.05) is 42.5 Å². The summed E-state index contributed by atoms with van der Waals surface area (Å²) >= 11 is 0. The van der Waals surface area contributed by atoms with Crippen molar-refractivity contribution in [1.29, 1.82) is 0 Å². The van der Waals surface area contributed by atoms with Gasteiger partial charge < -0.3 is 19.5 Å². The van der Waals surface area contributed by atoms with Crippen molar-refractivity contribution in [2.45, 2.75) is 12.8 Å². The maximum Gasteiger partial charge on any atom is 0.257 e. The zero-order valence-electron chi connectivity index (χ0n) is 16.2. The Hall–Kier alpha value is -3.21. The molecule has 0 aliphatic rings. The molecule has 0 saturated carbocycles. The molecule has 0 aliphatic carbocycles. The van der Waals surface area contributed by atoms with Gasteiger partial charge in [0.2, 0.25) is 0 Å². The molecule has 5 heteroatoms. The normalized spacial score (nSPS) is 10.5. The summed E-state index contributed by atoms with van der Waals surface area (Å²) < 4.78 is 16.3. The predicted molar refractivity (Wildman–Crippen MR) is 110 cm³/mol. The van der Waals surface area contributed by atoms with Crippen molar-refractivity contribution in [3.8, 4) is 17.2 Å². The standard InChI is InChI=1S/C23H25NO4/c1-26-21-13-12-17(15-22(21)27-2)7-6-14-24-23(25)16-28-20-11-5-9-18-8-3-4-10-19(18)20/h3-5,8-13,15H,6-7,14,16H2,1-2H3,(H,24,25). The summed E-state index contributed by atoms with van der Waals surface area (Å²) in [7, 11) is 3.24. The summed E-state index contributed by atoms with van der Waals surface area (Å²) in [6.07, 6.45) is 1.67. The number of hydrogen-bond donors (Lipinski definition) is 1. The van der Waals surface area contributed by atoms with Gasteiger partial charge in [0.15, 0.2) is 18.1 Å². The van der Waals surface area contributed by atoms with Crippen LogP contribution in [0.2, 0.25) is 0 Å². The lowest BCUT2D eigenvalue weighted by Crippen LogP contribution is -2.29. The highest BCUT2D eigenvalue weighted by atomic mass is 16.5. The third kappa shape index (κ3) is 4.94. The predicted octanol–water partition coefficient (Wildman–Crippen LogP) is 3.98. The summed E-state index contributed by atoms with van der Waals surface area (Å²) in [5, 5.41) is 5.00. The number of amides is 1. The Bertz CT molecular complexity index is 934. The number of carbonyl (C=O) groups is 1. The Morgan fingerprint density at radius 2 is 1.68 bits per heavy atom. The van der Waals surface area contributed by atoms with E-state index in [1.54, 1.807) is 14.2 Å². The second-order valence-electron chi connectivity index (χ2n) is 6.41. The smallest absolute Gasteiger partial charge is 0.257 e. The zero-order valence-corrected chi connectivity index (χ0v) is 16.2. The van der Waals surface area contributed by atoms with Crippen molar-refractivity contribution < 1.29 is 19.0 Å². The molecule has 0 heterocycles. The maximum absolute atomic E-state index is 12.1. The van der Waals surface area contributed by atoms with Crippen molar-refractivity contribution in [2.75, 3.05) is 27.4 Å². The van der Waals surface area contributed by atoms with Crippen LogP contribution < -0.4 is 19.5 Å². The van der Waals surface area contributed by atoms with E-state index in [1.165, 1.54) is 0 Å². The fourth-order valence-electron chi connectivity index (χ4n) is 3.07. The molecule has 0 bridgehead atoms. The van der Waals surface area contributed by atoms with Gasteiger partial charge in [-0.05, 0) is 42.0 Å². The monoisotopic (exact) mass is 379 g/mol. The van der Waals surface area contributed by atoms with E-state index < -0.39 is 0 Å². The zero-order chi connectivity index (χ0) is 19.8. The number of carbonyl (C=O) groups excluding carboxylic acids is 1. The van der Waals surface area contributed by atoms with Crippen LogP contribution >= 0.6 is 0 Å². The van der Waals surface area contributed by atoms with Crippen LogP contribution in [0.15, 0.2) is 60.7 Å². The first-order valence-corrected chi connectivity index (χ1v) is 9.29. The van der Waals surface area contributed by atoms with Gasteiger partial charge in [0.1, 0.15) is 5.75 Å². The number of hydrogen-bond acceptors (Lipinski definition) is 4. The lowest BCUT2D eigenvalue weighted by molar-refractivity contribution is -0.123. The van der Waals surface area contributed by atoms with E-state index in [1.807, 2.05) is 60.7 Å². The molecule has 3 rings (SSSR count). The van der Waals surface area contributed by atoms with E-state index in [2.05, 4.69) is 5.32 Å². The largest absolute Gasteiger partial charge is 0.493 e. The molecular formula is C23H25NO4. The van der Waals surface area contributed by atoms with Gasteiger partial charge in [0, 0.05) is 11.9 Å². The SMILES string of the molecule is COc1ccc(CCCNC(=O)COc2cccc3ccccc23)cc1OC. The van der Waals surface area contributed by atoms with Crippen LogP contribution in [0.3, 0.4) is 0 Å². The second-order valence-corrected chi connectivity index (χ2v) is 6.41. The minimum absolute atomic E-state index is 0.00433. The molecule has 28 heavy (non-hydrogen) atoms. The summed E-state index contributed by atoms with van der Waals surface area (Å²) in [5.74, 6) is 2.02. The topological polar surface area (TPSA) is 56.8 Å². The molecule has 0 fully saturated rings. The molecule has 1 N–H and O–H groups in total. The molecule has 0 radical (unpaired) electrons. The Morgan fingerprint density at radius 3 is 2.50 bits per heavy atom. The number of aryl methyl sites for hydroxylation is 1. The molecule has 3 aromatic rings. The Labute approximate surface area is 165 Å². The van der Waals surface area contributed by atoms with E-state index in [9.17, 15) is 4.79 Å². The lowest BCUT2D eigenvalue weighted by atomic mass is 10.1. The summed E-state index contributed by atoms with van der Waals surface area (Å²) in [4.78, 5) is 12.1. The van der Waals surface area contributed by atoms with E-state index in [4.69, 9.17) is 14.2 Å². The van der Waals surface area contributed by atoms with Crippen LogP contribution in [0.1, 0.15) is 12.0 Å². The first-order chi connectivity index (χ1) is 13.7. The van der Waals surface area contributed by atoms with Crippen LogP contribution in [0, 0.1) is 0 Å². The van der Waals surface area contributed by atoms with Gasteiger partial charge in [-0.2, -0.15) is 0 Å². The van der Waals surface area contributed by atoms with Gasteiger partial charge in [-0.25, -0.2) is 0 Å². The fourth-order valence-corrected chi connectivity index (χ4v) is 3.07. The minimum atomic E-state index is -0.125. The highest BCUT2D eigenvalue weighted by Crippen LogP contribution is 2.28. The van der Waals surface area contributed by atoms with E-state index in [0.717, 1.165) is 34.9 Å². The number of benzene rings is 3. The van der Waals surface area contributed by atoms with Crippen molar-refractivity contribution in [2.24, 2.45) is 0 Å². The van der Waals surface area contributed by atoms with Crippen molar-refractivity contribution in [3.63, 3.8) is 0 Å². The highest BCUT2D eigenvalue weighted by molar-refractivity contribution is 5.88. The Balaban J connectivity index is 1.43. The third-order valence-corrected chi connectivity index (χ3v) is 4.52. The number of rotatable bonds is 9. The molecule has 1 amide bonds. The highest BCUT2D eigenvalue weighted by Gasteiger charge is 2.07. The summed E-state index contributed by atoms with van der Waals surface area (Å²) in [6, 6.07) is 19.7. The molecule has 0 atom stereocenters. The van der Waals surface area contributed by atoms with Gasteiger partial charge in [0.25, 0.3) is 5.91 Å². The Kier molecular flexibility index (Phi) is 6.73. The molecular weight excluding hydrogens is 354 g/mol. The molecule has 0 spiro atoms. The molecule has 3 aromatic carbocycles. The van der Waals surface area contributed by atoms with Crippen molar-refractivity contribution >= 4 is 16.7 Å². The first kappa shape index (κ1) is 19.5. The molecule has 5 nitrogen and oxygen atoms in total. The van der Waals surface area contributed by atoms with Crippen molar-refractivity contribution in [3.05, 3.63) is 66.2 Å². The van der Waals surface area contributed by atoms with Crippen LogP contribution in [0.5, 0.6) is 17.2 Å². The van der Waals surface area contributed by atoms with E-state index in [0.29, 0.717) is 18.0 Å². The number of nitrogens with one attached hydrogen (secondary N) is 1. The number of methoxy groups -OCH3 is 2. The van der Waals surface area contributed by atoms with Gasteiger partial charge in [-0.15, -0.1) is 0 Å². The lowest BCUT2D eigenvalue weighted by Gasteiger charge is -2.11.